The van der Waals surface area contributed by atoms with Crippen LogP contribution in [-0.4, -0.2) is 47.4 Å². The number of rotatable bonds is 64. The Morgan fingerprint density at radius 3 is 0.947 bits per heavy atom. The molecule has 2 atom stereocenters. The van der Waals surface area contributed by atoms with Crippen molar-refractivity contribution in [2.24, 2.45) is 0 Å². The summed E-state index contributed by atoms with van der Waals surface area (Å²) in [4.78, 5) is 24.6. The van der Waals surface area contributed by atoms with Gasteiger partial charge in [0, 0.05) is 12.8 Å². The molecule has 75 heavy (non-hydrogen) atoms. The molecule has 0 rings (SSSR count). The Bertz CT molecular complexity index is 1170. The average molecular weight is 1060 g/mol. The van der Waals surface area contributed by atoms with Crippen molar-refractivity contribution < 1.29 is 24.5 Å². The summed E-state index contributed by atoms with van der Waals surface area (Å²) in [6.07, 6.45) is 81.0. The Hall–Kier alpha value is -1.66. The van der Waals surface area contributed by atoms with Crippen molar-refractivity contribution in [3.8, 4) is 0 Å². The first-order valence-corrected chi connectivity index (χ1v) is 34.1. The number of esters is 1. The van der Waals surface area contributed by atoms with Gasteiger partial charge in [-0.3, -0.25) is 9.59 Å². The van der Waals surface area contributed by atoms with E-state index in [2.05, 4.69) is 31.3 Å². The number of nitrogens with one attached hydrogen (secondary N) is 1. The predicted molar refractivity (Wildman–Crippen MR) is 329 cm³/mol. The zero-order chi connectivity index (χ0) is 54.3. The van der Waals surface area contributed by atoms with Crippen molar-refractivity contribution in [2.45, 2.75) is 392 Å². The SMILES string of the molecule is CCCCCCC/C=C\CCCCCCCC(=O)OCCCCCCCCCCCCCCCCCCCCCCCC(=O)NC(CO)C(O)/C=C/CCCCCCCCCCCCCCCCCCCCCCC. The number of carbonyl (C=O) groups excluding carboxylic acids is 2. The number of amides is 1. The molecule has 0 bridgehead atoms. The summed E-state index contributed by atoms with van der Waals surface area (Å²) in [6.45, 7) is 4.92. The zero-order valence-corrected chi connectivity index (χ0v) is 50.8. The summed E-state index contributed by atoms with van der Waals surface area (Å²) < 4.78 is 5.48. The summed E-state index contributed by atoms with van der Waals surface area (Å²) in [5, 5.41) is 23.3. The number of aliphatic hydroxyl groups is 2. The summed E-state index contributed by atoms with van der Waals surface area (Å²) in [5.74, 6) is -0.0613. The normalized spacial score (nSPS) is 12.6. The van der Waals surface area contributed by atoms with Crippen LogP contribution >= 0.6 is 0 Å². The maximum atomic E-state index is 12.5. The molecule has 0 aliphatic heterocycles. The second-order valence-electron chi connectivity index (χ2n) is 23.5. The van der Waals surface area contributed by atoms with Gasteiger partial charge in [0.2, 0.25) is 5.91 Å². The maximum absolute atomic E-state index is 12.5. The lowest BCUT2D eigenvalue weighted by Crippen LogP contribution is -2.45. The second kappa shape index (κ2) is 64.9. The van der Waals surface area contributed by atoms with Gasteiger partial charge in [0.15, 0.2) is 0 Å². The van der Waals surface area contributed by atoms with Crippen LogP contribution in [0.25, 0.3) is 0 Å². The van der Waals surface area contributed by atoms with Crippen molar-refractivity contribution >= 4 is 11.9 Å². The van der Waals surface area contributed by atoms with Crippen LogP contribution in [0.3, 0.4) is 0 Å². The van der Waals surface area contributed by atoms with Gasteiger partial charge in [-0.1, -0.05) is 334 Å². The monoisotopic (exact) mass is 1060 g/mol. The maximum Gasteiger partial charge on any atom is 0.305 e. The number of ether oxygens (including phenoxy) is 1. The van der Waals surface area contributed by atoms with E-state index in [4.69, 9.17) is 4.74 Å². The highest BCUT2D eigenvalue weighted by atomic mass is 16.5. The van der Waals surface area contributed by atoms with E-state index in [-0.39, 0.29) is 18.5 Å². The van der Waals surface area contributed by atoms with Crippen LogP contribution in [0.15, 0.2) is 24.3 Å². The average Bonchev–Trinajstić information content (AvgIpc) is 3.41. The van der Waals surface area contributed by atoms with E-state index in [1.165, 1.54) is 308 Å². The third-order valence-electron chi connectivity index (χ3n) is 16.0. The molecule has 0 saturated carbocycles. The molecule has 0 radical (unpaired) electrons. The first-order valence-electron chi connectivity index (χ1n) is 34.1. The number of aliphatic hydroxyl groups excluding tert-OH is 2. The molecule has 0 aliphatic carbocycles. The Labute approximate surface area is 469 Å². The molecule has 0 spiro atoms. The highest BCUT2D eigenvalue weighted by molar-refractivity contribution is 5.76. The number of carbonyl (C=O) groups is 2. The lowest BCUT2D eigenvalue weighted by atomic mass is 10.0. The molecule has 1 amide bonds. The molecule has 0 fully saturated rings. The van der Waals surface area contributed by atoms with Gasteiger partial charge in [-0.25, -0.2) is 0 Å². The van der Waals surface area contributed by atoms with Gasteiger partial charge in [0.25, 0.3) is 0 Å². The summed E-state index contributed by atoms with van der Waals surface area (Å²) in [6, 6.07) is -0.630. The third kappa shape index (κ3) is 61.4. The Morgan fingerprint density at radius 1 is 0.360 bits per heavy atom. The van der Waals surface area contributed by atoms with Gasteiger partial charge in [-0.2, -0.15) is 0 Å². The lowest BCUT2D eigenvalue weighted by molar-refractivity contribution is -0.143. The van der Waals surface area contributed by atoms with E-state index in [1.54, 1.807) is 6.08 Å². The van der Waals surface area contributed by atoms with Crippen LogP contribution in [0, 0.1) is 0 Å². The van der Waals surface area contributed by atoms with Gasteiger partial charge in [0.05, 0.1) is 25.4 Å². The molecular formula is C69H133NO5. The molecule has 0 saturated heterocycles. The van der Waals surface area contributed by atoms with E-state index in [9.17, 15) is 19.8 Å². The van der Waals surface area contributed by atoms with Crippen molar-refractivity contribution in [3.05, 3.63) is 24.3 Å². The standard InChI is InChI=1S/C69H133NO5/c1-3-5-7-9-11-13-15-17-19-20-21-22-23-25-28-31-34-37-41-45-49-53-57-61-67(72)66(65-71)70-68(73)62-58-54-50-46-42-38-35-32-29-26-24-27-30-33-36-40-44-48-52-56-60-64-75-69(74)63-59-55-51-47-43-39-18-16-14-12-10-8-6-4-2/h16,18,57,61,66-67,71-72H,3-15,17,19-56,58-60,62-65H2,1-2H3,(H,70,73)/b18-16-,61-57+. The van der Waals surface area contributed by atoms with E-state index < -0.39 is 12.1 Å². The molecule has 0 aromatic heterocycles. The summed E-state index contributed by atoms with van der Waals surface area (Å²) in [7, 11) is 0. The topological polar surface area (TPSA) is 95.9 Å². The molecule has 3 N–H and O–H groups in total. The van der Waals surface area contributed by atoms with Gasteiger partial charge in [0.1, 0.15) is 0 Å². The van der Waals surface area contributed by atoms with Gasteiger partial charge in [-0.15, -0.1) is 0 Å². The fourth-order valence-corrected chi connectivity index (χ4v) is 10.7. The third-order valence-corrected chi connectivity index (χ3v) is 16.0. The Balaban J connectivity index is 3.42. The Morgan fingerprint density at radius 2 is 0.627 bits per heavy atom. The quantitative estimate of drug-likeness (QED) is 0.0320. The minimum absolute atomic E-state index is 0.00363. The van der Waals surface area contributed by atoms with Crippen molar-refractivity contribution in [1.82, 2.24) is 5.32 Å². The molecule has 6 nitrogen and oxygen atoms in total. The number of unbranched alkanes of at least 4 members (excludes halogenated alkanes) is 51. The first kappa shape index (κ1) is 73.3. The number of hydrogen-bond donors (Lipinski definition) is 3. The predicted octanol–water partition coefficient (Wildman–Crippen LogP) is 21.8. The summed E-state index contributed by atoms with van der Waals surface area (Å²) in [5.41, 5.74) is 0. The minimum Gasteiger partial charge on any atom is -0.466 e. The van der Waals surface area contributed by atoms with Crippen molar-refractivity contribution in [1.29, 1.82) is 0 Å². The largest absolute Gasteiger partial charge is 0.466 e. The highest BCUT2D eigenvalue weighted by Gasteiger charge is 2.18. The van der Waals surface area contributed by atoms with E-state index in [0.717, 1.165) is 44.9 Å². The minimum atomic E-state index is -0.846. The number of hydrogen-bond acceptors (Lipinski definition) is 5. The smallest absolute Gasteiger partial charge is 0.305 e. The zero-order valence-electron chi connectivity index (χ0n) is 50.8. The molecule has 0 heterocycles. The molecular weight excluding hydrogens is 923 g/mol. The molecule has 444 valence electrons. The molecule has 6 heteroatoms. The number of allylic oxidation sites excluding steroid dienone is 3. The van der Waals surface area contributed by atoms with E-state index in [1.807, 2.05) is 6.08 Å². The fraction of sp³-hybridized carbons (Fsp3) is 0.913. The van der Waals surface area contributed by atoms with Gasteiger partial charge >= 0.3 is 5.97 Å². The molecule has 0 aromatic rings. The van der Waals surface area contributed by atoms with E-state index >= 15 is 0 Å². The van der Waals surface area contributed by atoms with Crippen LogP contribution in [0.1, 0.15) is 380 Å². The molecule has 0 aromatic carbocycles. The van der Waals surface area contributed by atoms with E-state index in [0.29, 0.717) is 19.4 Å². The Kier molecular flexibility index (Phi) is 63.4. The van der Waals surface area contributed by atoms with Crippen LogP contribution in [-0.2, 0) is 14.3 Å². The van der Waals surface area contributed by atoms with Crippen LogP contribution in [0.4, 0.5) is 0 Å². The second-order valence-corrected chi connectivity index (χ2v) is 23.5. The van der Waals surface area contributed by atoms with Crippen LogP contribution < -0.4 is 5.32 Å². The molecule has 0 aliphatic rings. The van der Waals surface area contributed by atoms with Gasteiger partial charge in [-0.05, 0) is 57.8 Å². The highest BCUT2D eigenvalue weighted by Crippen LogP contribution is 2.18. The first-order chi connectivity index (χ1) is 37.0. The summed E-state index contributed by atoms with van der Waals surface area (Å²) >= 11 is 0. The van der Waals surface area contributed by atoms with Crippen molar-refractivity contribution in [3.63, 3.8) is 0 Å². The van der Waals surface area contributed by atoms with Crippen molar-refractivity contribution in [2.75, 3.05) is 13.2 Å². The van der Waals surface area contributed by atoms with Crippen LogP contribution in [0.2, 0.25) is 0 Å². The molecule has 2 unspecified atom stereocenters. The fourth-order valence-electron chi connectivity index (χ4n) is 10.7. The van der Waals surface area contributed by atoms with Crippen LogP contribution in [0.5, 0.6) is 0 Å². The lowest BCUT2D eigenvalue weighted by Gasteiger charge is -2.20. The van der Waals surface area contributed by atoms with Gasteiger partial charge < -0.3 is 20.3 Å².